The van der Waals surface area contributed by atoms with Crippen molar-refractivity contribution in [1.82, 2.24) is 0 Å². The van der Waals surface area contributed by atoms with E-state index in [1.54, 1.807) is 12.2 Å². The average molecular weight is 204 g/mol. The van der Waals surface area contributed by atoms with Gasteiger partial charge in [-0.15, -0.1) is 12.3 Å². The van der Waals surface area contributed by atoms with Crippen molar-refractivity contribution >= 4 is 0 Å². The molecule has 0 aliphatic rings. The largest absolute Gasteiger partial charge is 1.00 e. The molecule has 0 radical (unpaired) electrons. The zero-order valence-corrected chi connectivity index (χ0v) is 12.3. The Morgan fingerprint density at radius 2 is 1.77 bits per heavy atom. The summed E-state index contributed by atoms with van der Waals surface area (Å²) in [4.78, 5) is 0. The van der Waals surface area contributed by atoms with Crippen molar-refractivity contribution in [2.75, 3.05) is 0 Å². The van der Waals surface area contributed by atoms with Crippen molar-refractivity contribution in [2.45, 2.75) is 20.8 Å². The van der Waals surface area contributed by atoms with Gasteiger partial charge in [0.2, 0.25) is 0 Å². The Morgan fingerprint density at radius 3 is 2.00 bits per heavy atom. The summed E-state index contributed by atoms with van der Waals surface area (Å²) in [5.74, 6) is -0.201. The van der Waals surface area contributed by atoms with E-state index in [0.29, 0.717) is 5.57 Å². The fourth-order valence-corrected chi connectivity index (χ4v) is 0.475. The SMILES string of the molecule is C=C/C(=C\C=C/C)C(=C)[O-].CC.[K+]. The molecule has 13 heavy (non-hydrogen) atoms. The van der Waals surface area contributed by atoms with Crippen LogP contribution in [0.3, 0.4) is 0 Å². The number of hydrogen-bond acceptors (Lipinski definition) is 1. The maximum atomic E-state index is 10.6. The predicted octanol–water partition coefficient (Wildman–Crippen LogP) is -0.421. The van der Waals surface area contributed by atoms with E-state index >= 15 is 0 Å². The molecule has 0 spiro atoms. The van der Waals surface area contributed by atoms with Crippen LogP contribution < -0.4 is 56.5 Å². The van der Waals surface area contributed by atoms with Crippen molar-refractivity contribution in [1.29, 1.82) is 0 Å². The van der Waals surface area contributed by atoms with Gasteiger partial charge in [-0.05, 0) is 12.5 Å². The molecule has 2 heteroatoms. The summed E-state index contributed by atoms with van der Waals surface area (Å²) in [6.45, 7) is 12.6. The van der Waals surface area contributed by atoms with Gasteiger partial charge in [0.15, 0.2) is 0 Å². The molecular formula is C11H17KO. The van der Waals surface area contributed by atoms with Crippen molar-refractivity contribution in [2.24, 2.45) is 0 Å². The van der Waals surface area contributed by atoms with Crippen molar-refractivity contribution in [3.63, 3.8) is 0 Å². The van der Waals surface area contributed by atoms with Crippen LogP contribution in [-0.2, 0) is 0 Å². The van der Waals surface area contributed by atoms with Crippen molar-refractivity contribution in [3.8, 4) is 0 Å². The Bertz CT molecular complexity index is 190. The molecule has 0 N–H and O–H groups in total. The summed E-state index contributed by atoms with van der Waals surface area (Å²) in [6, 6.07) is 0. The third-order valence-electron chi connectivity index (χ3n) is 1.01. The van der Waals surface area contributed by atoms with Crippen LogP contribution in [0.25, 0.3) is 0 Å². The van der Waals surface area contributed by atoms with E-state index in [0.717, 1.165) is 0 Å². The van der Waals surface area contributed by atoms with Crippen LogP contribution in [0.1, 0.15) is 20.8 Å². The molecule has 0 aromatic heterocycles. The van der Waals surface area contributed by atoms with Crippen molar-refractivity contribution < 1.29 is 56.5 Å². The van der Waals surface area contributed by atoms with Gasteiger partial charge < -0.3 is 5.11 Å². The van der Waals surface area contributed by atoms with E-state index in [1.807, 2.05) is 26.8 Å². The molecule has 0 atom stereocenters. The number of allylic oxidation sites excluding steroid dienone is 4. The molecule has 0 aromatic carbocycles. The molecule has 0 aliphatic heterocycles. The molecule has 0 bridgehead atoms. The molecular weight excluding hydrogens is 187 g/mol. The molecule has 0 amide bonds. The monoisotopic (exact) mass is 204 g/mol. The molecule has 0 fully saturated rings. The Hall–Kier alpha value is 0.396. The topological polar surface area (TPSA) is 23.1 Å². The van der Waals surface area contributed by atoms with Crippen LogP contribution >= 0.6 is 0 Å². The molecule has 1 nitrogen and oxygen atoms in total. The smallest absolute Gasteiger partial charge is 0.872 e. The van der Waals surface area contributed by atoms with E-state index in [9.17, 15) is 5.11 Å². The molecule has 0 rings (SSSR count). The van der Waals surface area contributed by atoms with Gasteiger partial charge in [0.05, 0.1) is 0 Å². The summed E-state index contributed by atoms with van der Waals surface area (Å²) < 4.78 is 0. The van der Waals surface area contributed by atoms with Gasteiger partial charge in [-0.1, -0.05) is 44.7 Å². The van der Waals surface area contributed by atoms with E-state index in [-0.39, 0.29) is 57.1 Å². The average Bonchev–Trinajstić information content (AvgIpc) is 2.09. The Balaban J connectivity index is -0.000000309. The zero-order valence-electron chi connectivity index (χ0n) is 9.13. The van der Waals surface area contributed by atoms with Gasteiger partial charge in [0.25, 0.3) is 0 Å². The van der Waals surface area contributed by atoms with Gasteiger partial charge >= 0.3 is 51.4 Å². The summed E-state index contributed by atoms with van der Waals surface area (Å²) in [5.41, 5.74) is 0.540. The quantitative estimate of drug-likeness (QED) is 0.348. The second-order valence-electron chi connectivity index (χ2n) is 1.78. The molecule has 0 aromatic rings. The number of hydrogen-bond donors (Lipinski definition) is 0. The van der Waals surface area contributed by atoms with Gasteiger partial charge in [-0.25, -0.2) is 0 Å². The second-order valence-corrected chi connectivity index (χ2v) is 1.78. The molecule has 0 aliphatic carbocycles. The van der Waals surface area contributed by atoms with E-state index < -0.39 is 0 Å². The van der Waals surface area contributed by atoms with E-state index in [1.165, 1.54) is 6.08 Å². The second kappa shape index (κ2) is 14.9. The van der Waals surface area contributed by atoms with E-state index in [2.05, 4.69) is 13.2 Å². The fraction of sp³-hybridized carbons (Fsp3) is 0.273. The third kappa shape index (κ3) is 12.4. The standard InChI is InChI=1S/C9H12O.C2H6.K/c1-4-6-7-9(5-2)8(3)10;1-2;/h4-7,10H,2-3H2,1H3;1-2H3;/q;;+1/p-1/b6-4-,9-7+;;. The minimum Gasteiger partial charge on any atom is -0.872 e. The first kappa shape index (κ1) is 19.0. The van der Waals surface area contributed by atoms with Crippen LogP contribution in [0, 0.1) is 0 Å². The summed E-state index contributed by atoms with van der Waals surface area (Å²) in [6.07, 6.45) is 6.80. The maximum Gasteiger partial charge on any atom is 1.00 e. The molecule has 0 unspecified atom stereocenters. The fourth-order valence-electron chi connectivity index (χ4n) is 0.475. The van der Waals surface area contributed by atoms with Crippen molar-refractivity contribution in [3.05, 3.63) is 48.8 Å². The van der Waals surface area contributed by atoms with Gasteiger partial charge in [-0.2, -0.15) is 0 Å². The van der Waals surface area contributed by atoms with Crippen LogP contribution in [0.15, 0.2) is 48.8 Å². The van der Waals surface area contributed by atoms with Crippen LogP contribution in [0.2, 0.25) is 0 Å². The Kier molecular flexibility index (Phi) is 21.8. The van der Waals surface area contributed by atoms with Gasteiger partial charge in [0, 0.05) is 0 Å². The first-order valence-electron chi connectivity index (χ1n) is 4.04. The molecule has 0 heterocycles. The van der Waals surface area contributed by atoms with Crippen LogP contribution in [0.5, 0.6) is 0 Å². The first-order chi connectivity index (χ1) is 5.72. The Morgan fingerprint density at radius 1 is 1.31 bits per heavy atom. The minimum atomic E-state index is -0.201. The molecule has 0 saturated carbocycles. The van der Waals surface area contributed by atoms with E-state index in [4.69, 9.17) is 0 Å². The van der Waals surface area contributed by atoms with Gasteiger partial charge in [-0.3, -0.25) is 0 Å². The molecule has 0 saturated heterocycles. The zero-order chi connectivity index (χ0) is 9.98. The summed E-state index contributed by atoms with van der Waals surface area (Å²) >= 11 is 0. The first-order valence-corrected chi connectivity index (χ1v) is 4.04. The normalized spacial score (nSPS) is 9.62. The van der Waals surface area contributed by atoms with Crippen LogP contribution in [-0.4, -0.2) is 0 Å². The van der Waals surface area contributed by atoms with Crippen LogP contribution in [0.4, 0.5) is 0 Å². The van der Waals surface area contributed by atoms with Gasteiger partial charge in [0.1, 0.15) is 0 Å². The molecule has 68 valence electrons. The summed E-state index contributed by atoms with van der Waals surface area (Å²) in [7, 11) is 0. The maximum absolute atomic E-state index is 10.6. The summed E-state index contributed by atoms with van der Waals surface area (Å²) in [5, 5.41) is 10.6. The number of rotatable bonds is 3. The predicted molar refractivity (Wildman–Crippen MR) is 53.6 cm³/mol. The Labute approximate surface area is 124 Å². The minimum absolute atomic E-state index is 0. The third-order valence-corrected chi connectivity index (χ3v) is 1.01.